The van der Waals surface area contributed by atoms with Crippen molar-refractivity contribution >= 4 is 22.7 Å². The third kappa shape index (κ3) is 2.76. The van der Waals surface area contributed by atoms with Crippen LogP contribution in [-0.2, 0) is 0 Å². The zero-order chi connectivity index (χ0) is 14.0. The Bertz CT molecular complexity index is 597. The second-order valence-electron chi connectivity index (χ2n) is 3.63. The summed E-state index contributed by atoms with van der Waals surface area (Å²) >= 11 is 1.37. The molecule has 1 aromatic heterocycles. The minimum Gasteiger partial charge on any atom is -0.272 e. The lowest BCUT2D eigenvalue weighted by molar-refractivity contribution is 0.458. The van der Waals surface area contributed by atoms with Gasteiger partial charge in [0.25, 0.3) is 0 Å². The molecule has 2 nitrogen and oxygen atoms in total. The molecule has 0 aliphatic carbocycles. The van der Waals surface area contributed by atoms with Crippen LogP contribution in [0.5, 0.6) is 0 Å². The molecule has 0 radical (unpaired) electrons. The van der Waals surface area contributed by atoms with Gasteiger partial charge in [-0.3, -0.25) is 5.43 Å². The molecule has 0 unspecified atom stereocenters. The number of nitrogens with zero attached hydrogens (tertiary/aromatic N) is 1. The largest absolute Gasteiger partial charge is 0.272 e. The van der Waals surface area contributed by atoms with Gasteiger partial charge in [-0.05, 0) is 18.4 Å². The lowest BCUT2D eigenvalue weighted by atomic mass is 10.2. The molecule has 1 N–H and O–H groups in total. The third-order valence-corrected chi connectivity index (χ3v) is 3.30. The predicted molar refractivity (Wildman–Crippen MR) is 66.4 cm³/mol. The van der Waals surface area contributed by atoms with Crippen LogP contribution in [0.4, 0.5) is 23.2 Å². The molecule has 0 saturated heterocycles. The summed E-state index contributed by atoms with van der Waals surface area (Å²) in [6, 6.07) is 3.68. The van der Waals surface area contributed by atoms with Crippen LogP contribution in [0.25, 0.3) is 0 Å². The number of hydrazone groups is 1. The molecule has 7 heteroatoms. The quantitative estimate of drug-likeness (QED) is 0.390. The summed E-state index contributed by atoms with van der Waals surface area (Å²) in [5, 5.41) is 5.51. The fourth-order valence-corrected chi connectivity index (χ4v) is 2.03. The van der Waals surface area contributed by atoms with Crippen LogP contribution in [0, 0.1) is 23.3 Å². The van der Waals surface area contributed by atoms with E-state index in [0.29, 0.717) is 5.71 Å². The summed E-state index contributed by atoms with van der Waals surface area (Å²) in [4.78, 5) is 0.769. The van der Waals surface area contributed by atoms with E-state index < -0.39 is 29.0 Å². The molecule has 2 rings (SSSR count). The minimum atomic E-state index is -1.51. The Labute approximate surface area is 110 Å². The number of benzene rings is 1. The molecule has 0 amide bonds. The maximum absolute atomic E-state index is 13.3. The number of hydrogen-bond acceptors (Lipinski definition) is 3. The summed E-state index contributed by atoms with van der Waals surface area (Å²) in [6.07, 6.45) is 0. The first-order chi connectivity index (χ1) is 9.00. The SMILES string of the molecule is C/C(=N/Nc1c(F)c(F)cc(F)c1F)c1cccs1. The Morgan fingerprint density at radius 3 is 2.32 bits per heavy atom. The normalized spacial score (nSPS) is 11.7. The van der Waals surface area contributed by atoms with Crippen molar-refractivity contribution in [3.05, 3.63) is 51.7 Å². The van der Waals surface area contributed by atoms with Gasteiger partial charge in [0.05, 0.1) is 5.71 Å². The smallest absolute Gasteiger partial charge is 0.186 e. The molecule has 19 heavy (non-hydrogen) atoms. The van der Waals surface area contributed by atoms with Crippen molar-refractivity contribution in [1.29, 1.82) is 0 Å². The van der Waals surface area contributed by atoms with Crippen LogP contribution >= 0.6 is 11.3 Å². The summed E-state index contributed by atoms with van der Waals surface area (Å²) in [7, 11) is 0. The van der Waals surface area contributed by atoms with E-state index >= 15 is 0 Å². The average Bonchev–Trinajstić information content (AvgIpc) is 2.90. The summed E-state index contributed by atoms with van der Waals surface area (Å²) in [5.74, 6) is -5.99. The highest BCUT2D eigenvalue weighted by atomic mass is 32.1. The number of rotatable bonds is 3. The van der Waals surface area contributed by atoms with Crippen molar-refractivity contribution in [2.75, 3.05) is 5.43 Å². The third-order valence-electron chi connectivity index (χ3n) is 2.32. The first kappa shape index (κ1) is 13.5. The zero-order valence-electron chi connectivity index (χ0n) is 9.68. The lowest BCUT2D eigenvalue weighted by Gasteiger charge is -2.06. The van der Waals surface area contributed by atoms with Crippen LogP contribution in [0.15, 0.2) is 28.7 Å². The highest BCUT2D eigenvalue weighted by Crippen LogP contribution is 2.24. The minimum absolute atomic E-state index is 0.145. The first-order valence-electron chi connectivity index (χ1n) is 5.18. The molecular formula is C12H8F4N2S. The van der Waals surface area contributed by atoms with Gasteiger partial charge in [-0.1, -0.05) is 6.07 Å². The highest BCUT2D eigenvalue weighted by molar-refractivity contribution is 7.12. The first-order valence-corrected chi connectivity index (χ1v) is 6.06. The zero-order valence-corrected chi connectivity index (χ0v) is 10.5. The Balaban J connectivity index is 2.32. The van der Waals surface area contributed by atoms with Gasteiger partial charge < -0.3 is 0 Å². The fraction of sp³-hybridized carbons (Fsp3) is 0.0833. The van der Waals surface area contributed by atoms with E-state index in [1.54, 1.807) is 24.4 Å². The number of hydrogen-bond donors (Lipinski definition) is 1. The van der Waals surface area contributed by atoms with E-state index in [4.69, 9.17) is 0 Å². The number of anilines is 1. The Hall–Kier alpha value is -1.89. The summed E-state index contributed by atoms with van der Waals surface area (Å²) < 4.78 is 52.5. The van der Waals surface area contributed by atoms with E-state index in [0.717, 1.165) is 4.88 Å². The Morgan fingerprint density at radius 2 is 1.79 bits per heavy atom. The van der Waals surface area contributed by atoms with E-state index in [9.17, 15) is 17.6 Å². The number of nitrogens with one attached hydrogen (secondary N) is 1. The van der Waals surface area contributed by atoms with Crippen molar-refractivity contribution in [2.24, 2.45) is 5.10 Å². The average molecular weight is 288 g/mol. The van der Waals surface area contributed by atoms with E-state index in [2.05, 4.69) is 5.10 Å². The van der Waals surface area contributed by atoms with Crippen LogP contribution in [0.2, 0.25) is 0 Å². The van der Waals surface area contributed by atoms with Gasteiger partial charge in [0.2, 0.25) is 0 Å². The number of halogens is 4. The lowest BCUT2D eigenvalue weighted by Crippen LogP contribution is -2.04. The molecule has 0 aliphatic rings. The summed E-state index contributed by atoms with van der Waals surface area (Å²) in [5.41, 5.74) is 1.51. The van der Waals surface area contributed by atoms with Gasteiger partial charge in [-0.25, -0.2) is 17.6 Å². The molecule has 0 bridgehead atoms. The van der Waals surface area contributed by atoms with Gasteiger partial charge in [-0.15, -0.1) is 11.3 Å². The molecule has 0 saturated carbocycles. The van der Waals surface area contributed by atoms with Gasteiger partial charge >= 0.3 is 0 Å². The maximum atomic E-state index is 13.3. The van der Waals surface area contributed by atoms with Crippen molar-refractivity contribution < 1.29 is 17.6 Å². The molecule has 0 spiro atoms. The monoisotopic (exact) mass is 288 g/mol. The second-order valence-corrected chi connectivity index (χ2v) is 4.58. The second kappa shape index (κ2) is 5.40. The highest BCUT2D eigenvalue weighted by Gasteiger charge is 2.18. The van der Waals surface area contributed by atoms with Crippen LogP contribution in [-0.4, -0.2) is 5.71 Å². The van der Waals surface area contributed by atoms with Crippen molar-refractivity contribution in [1.82, 2.24) is 0 Å². The van der Waals surface area contributed by atoms with Gasteiger partial charge in [-0.2, -0.15) is 5.10 Å². The summed E-state index contributed by atoms with van der Waals surface area (Å²) in [6.45, 7) is 1.60. The molecule has 1 heterocycles. The standard InChI is InChI=1S/C12H8F4N2S/c1-6(9-3-2-4-19-9)17-18-12-10(15)7(13)5-8(14)11(12)16/h2-5,18H,1H3/b17-6-. The molecule has 1 aromatic carbocycles. The molecule has 0 fully saturated rings. The maximum Gasteiger partial charge on any atom is 0.186 e. The van der Waals surface area contributed by atoms with Gasteiger partial charge in [0.15, 0.2) is 23.3 Å². The fourth-order valence-electron chi connectivity index (χ4n) is 1.35. The molecule has 2 aromatic rings. The Morgan fingerprint density at radius 1 is 1.16 bits per heavy atom. The van der Waals surface area contributed by atoms with Gasteiger partial charge in [0.1, 0.15) is 5.69 Å². The van der Waals surface area contributed by atoms with Crippen LogP contribution in [0.3, 0.4) is 0 Å². The molecular weight excluding hydrogens is 280 g/mol. The van der Waals surface area contributed by atoms with Crippen LogP contribution in [0.1, 0.15) is 11.8 Å². The van der Waals surface area contributed by atoms with Crippen molar-refractivity contribution in [3.63, 3.8) is 0 Å². The molecule has 0 atom stereocenters. The van der Waals surface area contributed by atoms with E-state index in [-0.39, 0.29) is 6.07 Å². The Kier molecular flexibility index (Phi) is 3.84. The number of thiophene rings is 1. The van der Waals surface area contributed by atoms with E-state index in [1.807, 2.05) is 5.43 Å². The predicted octanol–water partition coefficient (Wildman–Crippen LogP) is 4.14. The van der Waals surface area contributed by atoms with E-state index in [1.165, 1.54) is 11.3 Å². The molecule has 0 aliphatic heterocycles. The van der Waals surface area contributed by atoms with Crippen molar-refractivity contribution in [3.8, 4) is 0 Å². The molecule has 100 valence electrons. The topological polar surface area (TPSA) is 24.4 Å². The van der Waals surface area contributed by atoms with Gasteiger partial charge in [0, 0.05) is 10.9 Å². The van der Waals surface area contributed by atoms with Crippen molar-refractivity contribution in [2.45, 2.75) is 6.92 Å². The van der Waals surface area contributed by atoms with Crippen LogP contribution < -0.4 is 5.43 Å².